The van der Waals surface area contributed by atoms with E-state index < -0.39 is 29.6 Å². The quantitative estimate of drug-likeness (QED) is 0.815. The highest BCUT2D eigenvalue weighted by atomic mass is 19.1. The first-order chi connectivity index (χ1) is 8.97. The number of carbonyl (C=O) groups excluding carboxylic acids is 2. The van der Waals surface area contributed by atoms with Crippen molar-refractivity contribution < 1.29 is 18.4 Å². The first-order valence-electron chi connectivity index (χ1n) is 6.02. The molecule has 1 aromatic carbocycles. The van der Waals surface area contributed by atoms with Gasteiger partial charge < -0.3 is 0 Å². The Balaban J connectivity index is 2.06. The second-order valence-corrected chi connectivity index (χ2v) is 4.56. The first-order valence-corrected chi connectivity index (χ1v) is 6.02. The van der Waals surface area contributed by atoms with Crippen LogP contribution in [0.25, 0.3) is 0 Å². The second-order valence-electron chi connectivity index (χ2n) is 4.56. The van der Waals surface area contributed by atoms with Crippen LogP contribution < -0.4 is 10.6 Å². The molecule has 1 aliphatic rings. The molecule has 2 unspecified atom stereocenters. The number of hydrogen-bond acceptors (Lipinski definition) is 3. The number of benzene rings is 1. The van der Waals surface area contributed by atoms with Crippen LogP contribution in [0.3, 0.4) is 0 Å². The van der Waals surface area contributed by atoms with E-state index in [1.54, 1.807) is 6.92 Å². The molecular weight excluding hydrogens is 254 g/mol. The van der Waals surface area contributed by atoms with Crippen LogP contribution in [0, 0.1) is 11.6 Å². The molecule has 2 atom stereocenters. The van der Waals surface area contributed by atoms with Gasteiger partial charge in [0.1, 0.15) is 11.6 Å². The zero-order valence-corrected chi connectivity index (χ0v) is 10.4. The van der Waals surface area contributed by atoms with Crippen LogP contribution in [0.2, 0.25) is 0 Å². The molecule has 1 heterocycles. The smallest absolute Gasteiger partial charge is 0.243 e. The van der Waals surface area contributed by atoms with Crippen molar-refractivity contribution in [2.45, 2.75) is 31.8 Å². The van der Waals surface area contributed by atoms with Gasteiger partial charge >= 0.3 is 0 Å². The Morgan fingerprint density at radius 1 is 1.37 bits per heavy atom. The van der Waals surface area contributed by atoms with Gasteiger partial charge in [-0.2, -0.15) is 0 Å². The molecule has 2 rings (SSSR count). The number of imide groups is 1. The molecule has 0 aliphatic carbocycles. The van der Waals surface area contributed by atoms with Crippen molar-refractivity contribution in [2.75, 3.05) is 0 Å². The number of nitrogens with one attached hydrogen (secondary N) is 2. The van der Waals surface area contributed by atoms with Crippen molar-refractivity contribution in [3.63, 3.8) is 0 Å². The van der Waals surface area contributed by atoms with Crippen molar-refractivity contribution in [1.29, 1.82) is 0 Å². The van der Waals surface area contributed by atoms with Crippen LogP contribution in [-0.4, -0.2) is 17.9 Å². The highest BCUT2D eigenvalue weighted by Crippen LogP contribution is 2.19. The molecule has 0 aromatic heterocycles. The van der Waals surface area contributed by atoms with Crippen molar-refractivity contribution in [1.82, 2.24) is 10.6 Å². The van der Waals surface area contributed by atoms with E-state index in [0.717, 1.165) is 6.07 Å². The van der Waals surface area contributed by atoms with Gasteiger partial charge in [0.05, 0.1) is 6.04 Å². The minimum atomic E-state index is -0.660. The van der Waals surface area contributed by atoms with Crippen molar-refractivity contribution in [3.8, 4) is 0 Å². The molecule has 19 heavy (non-hydrogen) atoms. The molecule has 1 aromatic rings. The van der Waals surface area contributed by atoms with Gasteiger partial charge in [-0.25, -0.2) is 8.78 Å². The molecule has 2 amide bonds. The minimum absolute atomic E-state index is 0.252. The van der Waals surface area contributed by atoms with Crippen molar-refractivity contribution in [2.24, 2.45) is 0 Å². The Labute approximate surface area is 109 Å². The molecule has 102 valence electrons. The molecule has 6 heteroatoms. The Morgan fingerprint density at radius 3 is 2.74 bits per heavy atom. The summed E-state index contributed by atoms with van der Waals surface area (Å²) in [5.41, 5.74) is 0.283. The van der Waals surface area contributed by atoms with E-state index in [4.69, 9.17) is 0 Å². The maximum Gasteiger partial charge on any atom is 0.243 e. The lowest BCUT2D eigenvalue weighted by Gasteiger charge is -2.25. The molecule has 0 spiro atoms. The standard InChI is InChI=1S/C13H14F2N2O2/c1-7(9-3-2-8(14)6-10(9)15)16-11-4-5-12(18)17-13(11)19/h2-3,6-7,11,16H,4-5H2,1H3,(H,17,18,19). The van der Waals surface area contributed by atoms with Crippen LogP contribution in [-0.2, 0) is 9.59 Å². The van der Waals surface area contributed by atoms with E-state index in [1.165, 1.54) is 12.1 Å². The van der Waals surface area contributed by atoms with Crippen LogP contribution in [0.1, 0.15) is 31.4 Å². The summed E-state index contributed by atoms with van der Waals surface area (Å²) in [6, 6.07) is 2.31. The average Bonchev–Trinajstić information content (AvgIpc) is 2.32. The normalized spacial score (nSPS) is 21.1. The number of hydrogen-bond donors (Lipinski definition) is 2. The van der Waals surface area contributed by atoms with E-state index in [1.807, 2.05) is 0 Å². The average molecular weight is 268 g/mol. The van der Waals surface area contributed by atoms with Gasteiger partial charge in [0.2, 0.25) is 11.8 Å². The fourth-order valence-electron chi connectivity index (χ4n) is 2.10. The third kappa shape index (κ3) is 3.14. The molecular formula is C13H14F2N2O2. The summed E-state index contributed by atoms with van der Waals surface area (Å²) in [6.07, 6.45) is 0.625. The predicted molar refractivity (Wildman–Crippen MR) is 64.1 cm³/mol. The van der Waals surface area contributed by atoms with Gasteiger partial charge in [-0.3, -0.25) is 20.2 Å². The van der Waals surface area contributed by atoms with Gasteiger partial charge in [-0.1, -0.05) is 6.07 Å². The number of rotatable bonds is 3. The Bertz CT molecular complexity index is 519. The summed E-state index contributed by atoms with van der Waals surface area (Å²) in [5, 5.41) is 5.15. The van der Waals surface area contributed by atoms with E-state index in [-0.39, 0.29) is 17.9 Å². The number of carbonyl (C=O) groups is 2. The molecule has 0 radical (unpaired) electrons. The van der Waals surface area contributed by atoms with E-state index in [9.17, 15) is 18.4 Å². The molecule has 1 saturated heterocycles. The van der Waals surface area contributed by atoms with Crippen LogP contribution in [0.4, 0.5) is 8.78 Å². The molecule has 0 saturated carbocycles. The lowest BCUT2D eigenvalue weighted by molar-refractivity contribution is -0.134. The zero-order valence-electron chi connectivity index (χ0n) is 10.4. The highest BCUT2D eigenvalue weighted by Gasteiger charge is 2.28. The molecule has 1 aliphatic heterocycles. The Morgan fingerprint density at radius 2 is 2.11 bits per heavy atom. The van der Waals surface area contributed by atoms with Crippen LogP contribution in [0.5, 0.6) is 0 Å². The van der Waals surface area contributed by atoms with Gasteiger partial charge in [0, 0.05) is 24.1 Å². The molecule has 4 nitrogen and oxygen atoms in total. The predicted octanol–water partition coefficient (Wildman–Crippen LogP) is 1.42. The number of halogens is 2. The van der Waals surface area contributed by atoms with Gasteiger partial charge in [-0.15, -0.1) is 0 Å². The summed E-state index contributed by atoms with van der Waals surface area (Å²) in [6.45, 7) is 1.68. The highest BCUT2D eigenvalue weighted by molar-refractivity contribution is 6.00. The van der Waals surface area contributed by atoms with Gasteiger partial charge in [0.15, 0.2) is 0 Å². The van der Waals surface area contributed by atoms with E-state index in [2.05, 4.69) is 10.6 Å². The second kappa shape index (κ2) is 5.44. The van der Waals surface area contributed by atoms with Gasteiger partial charge in [-0.05, 0) is 19.4 Å². The number of piperidine rings is 1. The van der Waals surface area contributed by atoms with Crippen molar-refractivity contribution in [3.05, 3.63) is 35.4 Å². The molecule has 1 fully saturated rings. The molecule has 0 bridgehead atoms. The van der Waals surface area contributed by atoms with Crippen LogP contribution >= 0.6 is 0 Å². The Kier molecular flexibility index (Phi) is 3.90. The summed E-state index contributed by atoms with van der Waals surface area (Å²) in [5.74, 6) is -2.02. The van der Waals surface area contributed by atoms with Gasteiger partial charge in [0.25, 0.3) is 0 Å². The third-order valence-corrected chi connectivity index (χ3v) is 3.12. The maximum absolute atomic E-state index is 13.6. The van der Waals surface area contributed by atoms with Crippen molar-refractivity contribution >= 4 is 11.8 Å². The van der Waals surface area contributed by atoms with Crippen LogP contribution in [0.15, 0.2) is 18.2 Å². The summed E-state index contributed by atoms with van der Waals surface area (Å²) < 4.78 is 26.4. The largest absolute Gasteiger partial charge is 0.299 e. The fraction of sp³-hybridized carbons (Fsp3) is 0.385. The summed E-state index contributed by atoms with van der Waals surface area (Å²) >= 11 is 0. The molecule has 2 N–H and O–H groups in total. The maximum atomic E-state index is 13.6. The SMILES string of the molecule is CC(NC1CCC(=O)NC1=O)c1ccc(F)cc1F. The number of amides is 2. The lowest BCUT2D eigenvalue weighted by atomic mass is 10.0. The third-order valence-electron chi connectivity index (χ3n) is 3.12. The van der Waals surface area contributed by atoms with E-state index in [0.29, 0.717) is 6.42 Å². The summed E-state index contributed by atoms with van der Waals surface area (Å²) in [7, 11) is 0. The lowest BCUT2D eigenvalue weighted by Crippen LogP contribution is -2.51. The van der Waals surface area contributed by atoms with E-state index >= 15 is 0 Å². The fourth-order valence-corrected chi connectivity index (χ4v) is 2.10. The monoisotopic (exact) mass is 268 g/mol. The zero-order chi connectivity index (χ0) is 14.0. The Hall–Kier alpha value is -1.82. The summed E-state index contributed by atoms with van der Waals surface area (Å²) in [4.78, 5) is 22.6. The topological polar surface area (TPSA) is 58.2 Å². The minimum Gasteiger partial charge on any atom is -0.299 e. The first kappa shape index (κ1) is 13.6.